The van der Waals surface area contributed by atoms with Crippen molar-refractivity contribution in [2.45, 2.75) is 25.9 Å². The summed E-state index contributed by atoms with van der Waals surface area (Å²) in [6, 6.07) is 6.65. The van der Waals surface area contributed by atoms with Gasteiger partial charge in [-0.3, -0.25) is 0 Å². The quantitative estimate of drug-likeness (QED) is 0.806. The molecular formula is C13H15FN2O. The van der Waals surface area contributed by atoms with Crippen LogP contribution in [0.1, 0.15) is 19.8 Å². The molecule has 0 spiro atoms. The maximum Gasteiger partial charge on any atom is 0.143 e. The molecule has 1 atom stereocenters. The minimum absolute atomic E-state index is 0.117. The van der Waals surface area contributed by atoms with Gasteiger partial charge in [-0.1, -0.05) is 6.92 Å². The molecule has 1 aromatic carbocycles. The van der Waals surface area contributed by atoms with Crippen LogP contribution >= 0.6 is 0 Å². The number of halogens is 1. The summed E-state index contributed by atoms with van der Waals surface area (Å²) in [7, 11) is 0. The molecule has 1 unspecified atom stereocenters. The Morgan fingerprint density at radius 3 is 3.12 bits per heavy atom. The summed E-state index contributed by atoms with van der Waals surface area (Å²) >= 11 is 0. The van der Waals surface area contributed by atoms with Crippen molar-refractivity contribution in [2.24, 2.45) is 0 Å². The average Bonchev–Trinajstić information content (AvgIpc) is 2.35. The van der Waals surface area contributed by atoms with Crippen LogP contribution in [0.25, 0.3) is 0 Å². The van der Waals surface area contributed by atoms with Crippen LogP contribution in [0.4, 0.5) is 10.1 Å². The molecule has 0 aliphatic carbocycles. The lowest BCUT2D eigenvalue weighted by atomic mass is 10.1. The molecule has 0 amide bonds. The number of nitrogens with zero attached hydrogens (tertiary/aromatic N) is 2. The number of ether oxygens (including phenoxy) is 1. The van der Waals surface area contributed by atoms with E-state index in [2.05, 4.69) is 13.0 Å². The van der Waals surface area contributed by atoms with E-state index in [1.807, 2.05) is 4.90 Å². The molecule has 0 N–H and O–H groups in total. The van der Waals surface area contributed by atoms with Gasteiger partial charge >= 0.3 is 0 Å². The molecule has 0 radical (unpaired) electrons. The Hall–Kier alpha value is -1.76. The lowest BCUT2D eigenvalue weighted by Gasteiger charge is -2.35. The molecule has 1 aliphatic heterocycles. The predicted octanol–water partition coefficient (Wildman–Crippen LogP) is 2.72. The van der Waals surface area contributed by atoms with Gasteiger partial charge in [-0.05, 0) is 18.6 Å². The SMILES string of the molecule is CCC1CN(CCC#N)c2cc(F)ccc2O1. The van der Waals surface area contributed by atoms with Crippen LogP contribution in [0, 0.1) is 17.1 Å². The first-order chi connectivity index (χ1) is 8.24. The van der Waals surface area contributed by atoms with E-state index in [1.165, 1.54) is 12.1 Å². The van der Waals surface area contributed by atoms with E-state index >= 15 is 0 Å². The Kier molecular flexibility index (Phi) is 3.48. The van der Waals surface area contributed by atoms with Gasteiger partial charge in [0.1, 0.15) is 17.7 Å². The molecule has 0 saturated heterocycles. The van der Waals surface area contributed by atoms with Gasteiger partial charge < -0.3 is 9.64 Å². The molecule has 3 nitrogen and oxygen atoms in total. The molecule has 1 heterocycles. The van der Waals surface area contributed by atoms with Gasteiger partial charge in [0.15, 0.2) is 0 Å². The first-order valence-electron chi connectivity index (χ1n) is 5.82. The van der Waals surface area contributed by atoms with Gasteiger partial charge in [-0.25, -0.2) is 4.39 Å². The Morgan fingerprint density at radius 2 is 2.41 bits per heavy atom. The van der Waals surface area contributed by atoms with Crippen molar-refractivity contribution in [2.75, 3.05) is 18.0 Å². The summed E-state index contributed by atoms with van der Waals surface area (Å²) in [6.45, 7) is 3.39. The third kappa shape index (κ3) is 2.50. The first-order valence-corrected chi connectivity index (χ1v) is 5.82. The summed E-state index contributed by atoms with van der Waals surface area (Å²) in [5, 5.41) is 8.64. The second-order valence-electron chi connectivity index (χ2n) is 4.11. The summed E-state index contributed by atoms with van der Waals surface area (Å²) in [6.07, 6.45) is 1.46. The average molecular weight is 234 g/mol. The molecule has 0 aromatic heterocycles. The predicted molar refractivity (Wildman–Crippen MR) is 63.6 cm³/mol. The Balaban J connectivity index is 2.27. The number of hydrogen-bond acceptors (Lipinski definition) is 3. The molecule has 2 rings (SSSR count). The largest absolute Gasteiger partial charge is 0.486 e. The summed E-state index contributed by atoms with van der Waals surface area (Å²) < 4.78 is 19.0. The molecule has 0 bridgehead atoms. The highest BCUT2D eigenvalue weighted by Crippen LogP contribution is 2.34. The molecule has 1 aromatic rings. The third-order valence-electron chi connectivity index (χ3n) is 2.93. The van der Waals surface area contributed by atoms with Crippen molar-refractivity contribution in [3.8, 4) is 11.8 Å². The molecule has 0 saturated carbocycles. The van der Waals surface area contributed by atoms with Gasteiger partial charge in [0, 0.05) is 12.6 Å². The lowest BCUT2D eigenvalue weighted by molar-refractivity contribution is 0.189. The van der Waals surface area contributed by atoms with Crippen molar-refractivity contribution >= 4 is 5.69 Å². The molecule has 1 aliphatic rings. The zero-order valence-corrected chi connectivity index (χ0v) is 9.82. The van der Waals surface area contributed by atoms with Crippen LogP contribution in [0.15, 0.2) is 18.2 Å². The van der Waals surface area contributed by atoms with E-state index < -0.39 is 0 Å². The van der Waals surface area contributed by atoms with Crippen molar-refractivity contribution < 1.29 is 9.13 Å². The highest BCUT2D eigenvalue weighted by molar-refractivity contribution is 5.60. The van der Waals surface area contributed by atoms with Crippen molar-refractivity contribution in [1.29, 1.82) is 5.26 Å². The topological polar surface area (TPSA) is 36.3 Å². The zero-order chi connectivity index (χ0) is 12.3. The number of benzene rings is 1. The maximum absolute atomic E-state index is 13.2. The monoisotopic (exact) mass is 234 g/mol. The highest BCUT2D eigenvalue weighted by Gasteiger charge is 2.24. The van der Waals surface area contributed by atoms with E-state index in [0.29, 0.717) is 25.3 Å². The van der Waals surface area contributed by atoms with Crippen LogP contribution in [0.5, 0.6) is 5.75 Å². The van der Waals surface area contributed by atoms with Crippen LogP contribution < -0.4 is 9.64 Å². The molecular weight excluding hydrogens is 219 g/mol. The molecule has 90 valence electrons. The fourth-order valence-electron chi connectivity index (χ4n) is 2.01. The summed E-state index contributed by atoms with van der Waals surface area (Å²) in [5.74, 6) is 0.437. The molecule has 17 heavy (non-hydrogen) atoms. The van der Waals surface area contributed by atoms with Gasteiger partial charge in [0.25, 0.3) is 0 Å². The first kappa shape index (κ1) is 11.7. The van der Waals surface area contributed by atoms with Crippen molar-refractivity contribution in [1.82, 2.24) is 0 Å². The Morgan fingerprint density at radius 1 is 1.59 bits per heavy atom. The van der Waals surface area contributed by atoms with Crippen molar-refractivity contribution in [3.63, 3.8) is 0 Å². The summed E-state index contributed by atoms with van der Waals surface area (Å²) in [5.41, 5.74) is 0.755. The summed E-state index contributed by atoms with van der Waals surface area (Å²) in [4.78, 5) is 2.03. The van der Waals surface area contributed by atoms with E-state index in [-0.39, 0.29) is 11.9 Å². The lowest BCUT2D eigenvalue weighted by Crippen LogP contribution is -2.40. The third-order valence-corrected chi connectivity index (χ3v) is 2.93. The number of hydrogen-bond donors (Lipinski definition) is 0. The second-order valence-corrected chi connectivity index (χ2v) is 4.11. The Bertz CT molecular complexity index is 442. The fraction of sp³-hybridized carbons (Fsp3) is 0.462. The Labute approximate surface area is 100 Å². The van der Waals surface area contributed by atoms with E-state index in [9.17, 15) is 4.39 Å². The van der Waals surface area contributed by atoms with E-state index in [1.54, 1.807) is 6.07 Å². The molecule has 0 fully saturated rings. The minimum atomic E-state index is -0.274. The smallest absolute Gasteiger partial charge is 0.143 e. The number of rotatable bonds is 3. The van der Waals surface area contributed by atoms with E-state index in [0.717, 1.165) is 12.1 Å². The minimum Gasteiger partial charge on any atom is -0.486 e. The number of nitriles is 1. The zero-order valence-electron chi connectivity index (χ0n) is 9.82. The van der Waals surface area contributed by atoms with Gasteiger partial charge in [0.2, 0.25) is 0 Å². The van der Waals surface area contributed by atoms with Gasteiger partial charge in [-0.15, -0.1) is 0 Å². The van der Waals surface area contributed by atoms with Crippen LogP contribution in [0.2, 0.25) is 0 Å². The number of anilines is 1. The van der Waals surface area contributed by atoms with Crippen molar-refractivity contribution in [3.05, 3.63) is 24.0 Å². The highest BCUT2D eigenvalue weighted by atomic mass is 19.1. The van der Waals surface area contributed by atoms with Crippen LogP contribution in [-0.4, -0.2) is 19.2 Å². The number of fused-ring (bicyclic) bond motifs is 1. The van der Waals surface area contributed by atoms with Crippen LogP contribution in [0.3, 0.4) is 0 Å². The van der Waals surface area contributed by atoms with E-state index in [4.69, 9.17) is 10.00 Å². The van der Waals surface area contributed by atoms with Gasteiger partial charge in [-0.2, -0.15) is 5.26 Å². The second kappa shape index (κ2) is 5.05. The fourth-order valence-corrected chi connectivity index (χ4v) is 2.01. The maximum atomic E-state index is 13.2. The van der Waals surface area contributed by atoms with Crippen LogP contribution in [-0.2, 0) is 0 Å². The standard InChI is InChI=1S/C13H15FN2O/c1-2-11-9-16(7-3-6-15)12-8-10(14)4-5-13(12)17-11/h4-5,8,11H,2-3,7,9H2,1H3. The normalized spacial score (nSPS) is 18.2. The molecule has 4 heteroatoms. The van der Waals surface area contributed by atoms with Gasteiger partial charge in [0.05, 0.1) is 24.7 Å².